The van der Waals surface area contributed by atoms with Crippen molar-refractivity contribution < 1.29 is 9.84 Å². The van der Waals surface area contributed by atoms with Gasteiger partial charge < -0.3 is 9.84 Å². The van der Waals surface area contributed by atoms with Crippen molar-refractivity contribution in [1.29, 1.82) is 0 Å². The molecule has 0 radical (unpaired) electrons. The lowest BCUT2D eigenvalue weighted by Crippen LogP contribution is -2.26. The van der Waals surface area contributed by atoms with Gasteiger partial charge in [0.05, 0.1) is 18.0 Å². The number of benzene rings is 1. The van der Waals surface area contributed by atoms with Crippen LogP contribution < -0.4 is 4.74 Å². The molecule has 118 valence electrons. The first-order valence-corrected chi connectivity index (χ1v) is 8.04. The highest BCUT2D eigenvalue weighted by Gasteiger charge is 2.21. The van der Waals surface area contributed by atoms with E-state index in [-0.39, 0.29) is 12.2 Å². The summed E-state index contributed by atoms with van der Waals surface area (Å²) in [5.41, 5.74) is 2.82. The van der Waals surface area contributed by atoms with Gasteiger partial charge in [0.2, 0.25) is 5.88 Å². The molecule has 1 saturated carbocycles. The van der Waals surface area contributed by atoms with E-state index in [9.17, 15) is 5.11 Å². The van der Waals surface area contributed by atoms with E-state index >= 15 is 0 Å². The largest absolute Gasteiger partial charge is 0.473 e. The van der Waals surface area contributed by atoms with Gasteiger partial charge in [-0.25, -0.2) is 9.50 Å². The molecule has 4 rings (SSSR count). The van der Waals surface area contributed by atoms with Crippen LogP contribution in [0.2, 0.25) is 0 Å². The van der Waals surface area contributed by atoms with Gasteiger partial charge in [0.25, 0.3) is 0 Å². The minimum absolute atomic E-state index is 0.132. The maximum absolute atomic E-state index is 9.59. The molecule has 0 saturated heterocycles. The van der Waals surface area contributed by atoms with Crippen LogP contribution in [0.1, 0.15) is 25.7 Å². The fourth-order valence-electron chi connectivity index (χ4n) is 3.06. The molecule has 5 nitrogen and oxygen atoms in total. The number of rotatable bonds is 3. The third-order valence-electron chi connectivity index (χ3n) is 4.34. The molecule has 1 aliphatic rings. The van der Waals surface area contributed by atoms with E-state index in [4.69, 9.17) is 4.74 Å². The molecular formula is C18H19N3O2. The fourth-order valence-corrected chi connectivity index (χ4v) is 3.06. The second kappa shape index (κ2) is 6.01. The van der Waals surface area contributed by atoms with Crippen LogP contribution in [0.15, 0.2) is 48.7 Å². The highest BCUT2D eigenvalue weighted by molar-refractivity contribution is 5.62. The van der Waals surface area contributed by atoms with Crippen molar-refractivity contribution in [3.05, 3.63) is 48.7 Å². The number of hydrogen-bond donors (Lipinski definition) is 1. The van der Waals surface area contributed by atoms with Crippen LogP contribution in [0.3, 0.4) is 0 Å². The summed E-state index contributed by atoms with van der Waals surface area (Å²) >= 11 is 0. The normalized spacial score (nSPS) is 21.4. The Morgan fingerprint density at radius 2 is 1.78 bits per heavy atom. The number of aromatic nitrogens is 3. The molecule has 2 aromatic heterocycles. The van der Waals surface area contributed by atoms with Crippen LogP contribution in [0.5, 0.6) is 5.88 Å². The summed E-state index contributed by atoms with van der Waals surface area (Å²) < 4.78 is 7.82. The van der Waals surface area contributed by atoms with Crippen LogP contribution in [-0.4, -0.2) is 31.9 Å². The first-order chi connectivity index (χ1) is 11.3. The van der Waals surface area contributed by atoms with Crippen LogP contribution >= 0.6 is 0 Å². The quantitative estimate of drug-likeness (QED) is 0.808. The second-order valence-corrected chi connectivity index (χ2v) is 6.00. The highest BCUT2D eigenvalue weighted by Crippen LogP contribution is 2.24. The van der Waals surface area contributed by atoms with Crippen LogP contribution in [0, 0.1) is 0 Å². The van der Waals surface area contributed by atoms with Gasteiger partial charge in [-0.2, -0.15) is 0 Å². The molecule has 1 aliphatic carbocycles. The van der Waals surface area contributed by atoms with Crippen molar-refractivity contribution >= 4 is 5.65 Å². The van der Waals surface area contributed by atoms with E-state index in [1.807, 2.05) is 53.2 Å². The summed E-state index contributed by atoms with van der Waals surface area (Å²) in [5.74, 6) is 0.606. The van der Waals surface area contributed by atoms with Gasteiger partial charge in [0.1, 0.15) is 6.10 Å². The predicted octanol–water partition coefficient (Wildman–Crippen LogP) is 3.08. The fraction of sp³-hybridized carbons (Fsp3) is 0.333. The predicted molar refractivity (Wildman–Crippen MR) is 87.3 cm³/mol. The van der Waals surface area contributed by atoms with Gasteiger partial charge in [-0.3, -0.25) is 0 Å². The summed E-state index contributed by atoms with van der Waals surface area (Å²) in [6.45, 7) is 0. The maximum Gasteiger partial charge on any atom is 0.232 e. The summed E-state index contributed by atoms with van der Waals surface area (Å²) in [6, 6.07) is 13.9. The summed E-state index contributed by atoms with van der Waals surface area (Å²) in [4.78, 5) is 4.40. The number of fused-ring (bicyclic) bond motifs is 1. The first-order valence-electron chi connectivity index (χ1n) is 8.04. The molecule has 0 spiro atoms. The van der Waals surface area contributed by atoms with E-state index in [1.54, 1.807) is 0 Å². The van der Waals surface area contributed by atoms with E-state index in [0.29, 0.717) is 5.88 Å². The SMILES string of the molecule is O[C@H]1CC[C@H](Oc2ccc3ncc(-c4ccccc4)n3n2)CC1. The van der Waals surface area contributed by atoms with E-state index in [2.05, 4.69) is 10.1 Å². The van der Waals surface area contributed by atoms with Gasteiger partial charge in [0, 0.05) is 11.6 Å². The number of aliphatic hydroxyl groups excluding tert-OH is 1. The lowest BCUT2D eigenvalue weighted by molar-refractivity contribution is 0.0637. The van der Waals surface area contributed by atoms with Crippen molar-refractivity contribution in [2.24, 2.45) is 0 Å². The lowest BCUT2D eigenvalue weighted by Gasteiger charge is -2.25. The lowest BCUT2D eigenvalue weighted by atomic mass is 9.95. The number of hydrogen-bond acceptors (Lipinski definition) is 4. The number of ether oxygens (including phenoxy) is 1. The van der Waals surface area contributed by atoms with Gasteiger partial charge in [-0.15, -0.1) is 5.10 Å². The number of imidazole rings is 1. The Morgan fingerprint density at radius 1 is 1.00 bits per heavy atom. The average molecular weight is 309 g/mol. The molecule has 23 heavy (non-hydrogen) atoms. The maximum atomic E-state index is 9.59. The minimum Gasteiger partial charge on any atom is -0.473 e. The molecule has 1 aromatic carbocycles. The zero-order valence-electron chi connectivity index (χ0n) is 12.8. The molecule has 1 fully saturated rings. The Labute approximate surface area is 134 Å². The Kier molecular flexibility index (Phi) is 3.71. The first kappa shape index (κ1) is 14.2. The Hall–Kier alpha value is -2.40. The average Bonchev–Trinajstić information content (AvgIpc) is 3.01. The second-order valence-electron chi connectivity index (χ2n) is 6.00. The van der Waals surface area contributed by atoms with Crippen LogP contribution in [0.25, 0.3) is 16.9 Å². The van der Waals surface area contributed by atoms with Gasteiger partial charge >= 0.3 is 0 Å². The molecule has 0 unspecified atom stereocenters. The Morgan fingerprint density at radius 3 is 2.57 bits per heavy atom. The van der Waals surface area contributed by atoms with Crippen molar-refractivity contribution in [2.75, 3.05) is 0 Å². The number of nitrogens with zero attached hydrogens (tertiary/aromatic N) is 3. The monoisotopic (exact) mass is 309 g/mol. The van der Waals surface area contributed by atoms with Gasteiger partial charge in [-0.1, -0.05) is 30.3 Å². The molecule has 1 N–H and O–H groups in total. The van der Waals surface area contributed by atoms with Crippen molar-refractivity contribution in [3.8, 4) is 17.1 Å². The summed E-state index contributed by atoms with van der Waals surface area (Å²) in [5, 5.41) is 14.2. The number of aliphatic hydroxyl groups is 1. The van der Waals surface area contributed by atoms with Crippen molar-refractivity contribution in [2.45, 2.75) is 37.9 Å². The standard InChI is InChI=1S/C18H19N3O2/c22-14-6-8-15(9-7-14)23-18-11-10-17-19-12-16(21(17)20-18)13-4-2-1-3-5-13/h1-5,10-12,14-15,22H,6-9H2/t14-,15-. The molecule has 0 bridgehead atoms. The molecule has 3 aromatic rings. The smallest absolute Gasteiger partial charge is 0.232 e. The van der Waals surface area contributed by atoms with Crippen LogP contribution in [0.4, 0.5) is 0 Å². The minimum atomic E-state index is -0.177. The van der Waals surface area contributed by atoms with E-state index in [1.165, 1.54) is 0 Å². The molecular weight excluding hydrogens is 290 g/mol. The van der Waals surface area contributed by atoms with Crippen molar-refractivity contribution in [1.82, 2.24) is 14.6 Å². The Bertz CT molecular complexity index is 792. The van der Waals surface area contributed by atoms with E-state index in [0.717, 1.165) is 42.6 Å². The topological polar surface area (TPSA) is 59.7 Å². The summed E-state index contributed by atoms with van der Waals surface area (Å²) in [7, 11) is 0. The summed E-state index contributed by atoms with van der Waals surface area (Å²) in [6.07, 6.45) is 5.13. The third kappa shape index (κ3) is 2.92. The van der Waals surface area contributed by atoms with Gasteiger partial charge in [0.15, 0.2) is 5.65 Å². The zero-order chi connectivity index (χ0) is 15.6. The van der Waals surface area contributed by atoms with E-state index < -0.39 is 0 Å². The molecule has 0 aliphatic heterocycles. The molecule has 0 amide bonds. The van der Waals surface area contributed by atoms with Crippen molar-refractivity contribution in [3.63, 3.8) is 0 Å². The van der Waals surface area contributed by atoms with Crippen LogP contribution in [-0.2, 0) is 0 Å². The zero-order valence-corrected chi connectivity index (χ0v) is 12.8. The molecule has 0 atom stereocenters. The molecule has 2 heterocycles. The highest BCUT2D eigenvalue weighted by atomic mass is 16.5. The third-order valence-corrected chi connectivity index (χ3v) is 4.34. The van der Waals surface area contributed by atoms with Gasteiger partial charge in [-0.05, 0) is 31.7 Å². The molecule has 5 heteroatoms. The Balaban J connectivity index is 1.62.